The largest absolute Gasteiger partial charge is 0.0683 e. The van der Waals surface area contributed by atoms with Crippen molar-refractivity contribution in [2.75, 3.05) is 0 Å². The van der Waals surface area contributed by atoms with Crippen LogP contribution >= 0.6 is 0 Å². The summed E-state index contributed by atoms with van der Waals surface area (Å²) in [6, 6.07) is 146. The van der Waals surface area contributed by atoms with Gasteiger partial charge in [-0.05, 0) is 304 Å². The predicted octanol–water partition coefficient (Wildman–Crippen LogP) is 38.3. The van der Waals surface area contributed by atoms with Crippen molar-refractivity contribution in [1.29, 1.82) is 0 Å². The SMILES string of the molecule is CC.CC.CC.Cc1c2ccccc2c(C)c2ccccc12.Cc1ccc(-c2ccc(-c3ccc(C)cc3)cc2)cc1.Cc1ccc(-c2ccc(C)cc2)cc1.Cc1ccc(C)c2cc3ccccc3cc12.Cc1ccc(C)c2ccccc12.Cc1ccc(C)cc1.Cc1ccc2c3cccc4cccc(c5cccc1c52)c43.c1cc2ccc3cccc4ccc(c1)c2c34. The van der Waals surface area contributed by atoms with E-state index in [9.17, 15) is 0 Å². The molecule has 0 aliphatic carbocycles. The molecule has 129 heavy (non-hydrogen) atoms. The Bertz CT molecular complexity index is 7090. The van der Waals surface area contributed by atoms with E-state index in [-0.39, 0.29) is 0 Å². The minimum Gasteiger partial charge on any atom is -0.0683 e. The Morgan fingerprint density at radius 3 is 0.605 bits per heavy atom. The Labute approximate surface area is 767 Å². The first-order valence-electron chi connectivity index (χ1n) is 46.2. The predicted molar refractivity (Wildman–Crippen MR) is 576 cm³/mol. The lowest BCUT2D eigenvalue weighted by Gasteiger charge is -2.15. The molecule has 0 N–H and O–H groups in total. The highest BCUT2D eigenvalue weighted by Crippen LogP contribution is 2.42. The maximum atomic E-state index is 2.30. The molecule has 0 saturated carbocycles. The summed E-state index contributed by atoms with van der Waals surface area (Å²) in [4.78, 5) is 0. The highest BCUT2D eigenvalue weighted by atomic mass is 14.2. The molecule has 0 heteroatoms. The Morgan fingerprint density at radius 1 is 0.116 bits per heavy atom. The van der Waals surface area contributed by atoms with Crippen LogP contribution < -0.4 is 0 Å². The molecule has 0 aliphatic rings. The van der Waals surface area contributed by atoms with Crippen molar-refractivity contribution in [2.45, 2.75) is 132 Å². The molecule has 23 rings (SSSR count). The molecular formula is C129H124. The molecule has 0 spiro atoms. The number of aryl methyl sites for hydroxylation is 13. The first-order valence-corrected chi connectivity index (χ1v) is 46.2. The molecule has 0 radical (unpaired) electrons. The van der Waals surface area contributed by atoms with E-state index in [2.05, 4.69) is 496 Å². The fraction of sp³-hybridized carbons (Fsp3) is 0.147. The number of rotatable bonds is 3. The Morgan fingerprint density at radius 2 is 0.302 bits per heavy atom. The molecule has 0 heterocycles. The summed E-state index contributed by atoms with van der Waals surface area (Å²) in [7, 11) is 0. The van der Waals surface area contributed by atoms with Crippen LogP contribution in [0.5, 0.6) is 0 Å². The maximum absolute atomic E-state index is 2.30. The summed E-state index contributed by atoms with van der Waals surface area (Å²) in [6.07, 6.45) is 0. The van der Waals surface area contributed by atoms with E-state index < -0.39 is 0 Å². The second-order valence-electron chi connectivity index (χ2n) is 33.4. The van der Waals surface area contributed by atoms with Gasteiger partial charge in [-0.25, -0.2) is 0 Å². The number of hydrogen-bond acceptors (Lipinski definition) is 0. The third-order valence-electron chi connectivity index (χ3n) is 24.6. The summed E-state index contributed by atoms with van der Waals surface area (Å²) >= 11 is 0. The van der Waals surface area contributed by atoms with Gasteiger partial charge in [0, 0.05) is 0 Å². The van der Waals surface area contributed by atoms with Gasteiger partial charge in [0.25, 0.3) is 0 Å². The average Bonchev–Trinajstić information content (AvgIpc) is 0.723. The molecule has 23 aromatic carbocycles. The van der Waals surface area contributed by atoms with Gasteiger partial charge in [-0.2, -0.15) is 0 Å². The van der Waals surface area contributed by atoms with Crippen LogP contribution in [0.1, 0.15) is 114 Å². The molecule has 0 amide bonds. The van der Waals surface area contributed by atoms with E-state index in [0.717, 1.165) is 0 Å². The van der Waals surface area contributed by atoms with Gasteiger partial charge in [0.2, 0.25) is 0 Å². The molecule has 0 aliphatic heterocycles. The molecule has 0 saturated heterocycles. The smallest absolute Gasteiger partial charge is 0.00237 e. The molecule has 0 aromatic heterocycles. The Hall–Kier alpha value is -14.3. The van der Waals surface area contributed by atoms with Crippen LogP contribution in [0.4, 0.5) is 0 Å². The van der Waals surface area contributed by atoms with Crippen LogP contribution in [-0.4, -0.2) is 0 Å². The fourth-order valence-corrected chi connectivity index (χ4v) is 17.4. The van der Waals surface area contributed by atoms with Crippen LogP contribution in [0.15, 0.2) is 406 Å². The third-order valence-corrected chi connectivity index (χ3v) is 24.6. The van der Waals surface area contributed by atoms with Gasteiger partial charge in [0.05, 0.1) is 0 Å². The minimum atomic E-state index is 1.26. The van der Waals surface area contributed by atoms with Crippen molar-refractivity contribution in [3.63, 3.8) is 0 Å². The molecule has 0 fully saturated rings. The summed E-state index contributed by atoms with van der Waals surface area (Å²) in [5, 5.41) is 32.7. The topological polar surface area (TPSA) is 0 Å². The zero-order valence-corrected chi connectivity index (χ0v) is 79.2. The quantitative estimate of drug-likeness (QED) is 0.122. The van der Waals surface area contributed by atoms with E-state index in [1.807, 2.05) is 41.5 Å². The zero-order chi connectivity index (χ0) is 91.2. The second-order valence-corrected chi connectivity index (χ2v) is 33.4. The van der Waals surface area contributed by atoms with E-state index in [1.54, 1.807) is 0 Å². The zero-order valence-electron chi connectivity index (χ0n) is 79.2. The van der Waals surface area contributed by atoms with Gasteiger partial charge in [-0.3, -0.25) is 0 Å². The van der Waals surface area contributed by atoms with E-state index >= 15 is 0 Å². The van der Waals surface area contributed by atoms with Crippen molar-refractivity contribution in [1.82, 2.24) is 0 Å². The summed E-state index contributed by atoms with van der Waals surface area (Å²) in [5.41, 5.74) is 25.0. The van der Waals surface area contributed by atoms with Crippen molar-refractivity contribution in [3.8, 4) is 33.4 Å². The molecular weight excluding hydrogens is 1550 g/mol. The monoisotopic (exact) mass is 1670 g/mol. The van der Waals surface area contributed by atoms with Gasteiger partial charge < -0.3 is 0 Å². The standard InChI is InChI=1S/C21H14.C20H18.C16H10.2C16H14.C14H14.C12H12.C8H10.3C2H6/c1-13-11-12-19-17-9-3-6-14-5-2-8-16(20(14)17)18-10-4-7-15(13)21(18)19;1-15-3-7-17(8-4-15)19-11-13-20(14-12-19)18-9-5-16(2)6-10-18;1-3-11-7-9-13-5-2-6-14-10-8-12(4-1)15(11)16(13)14;1-11-13-7-3-5-9-15(13)12(2)16-10-6-4-8-14(11)16;1-11-7-8-12(2)16-10-14-6-4-3-5-13(14)9-15(11)16;1-11-3-7-13(8-4-11)14-9-5-12(2)6-10-14;1-9-7-8-10(2)12-6-4-3-5-11(9)12;1-7-3-5-8(2)6-4-7;3*1-2/h2-12H,1H3;3-14H,1-2H3;1-10H;2*3-10H,1-2H3;3-10H,1-2H3;3-8H,1-2H3;3-6H,1-2H3;3*1-2H3. The van der Waals surface area contributed by atoms with Gasteiger partial charge in [0.15, 0.2) is 0 Å². The molecule has 0 unspecified atom stereocenters. The Balaban J connectivity index is 0.000000126. The molecule has 0 nitrogen and oxygen atoms in total. The van der Waals surface area contributed by atoms with Gasteiger partial charge >= 0.3 is 0 Å². The van der Waals surface area contributed by atoms with Crippen LogP contribution in [0, 0.1) is 90.0 Å². The highest BCUT2D eigenvalue weighted by molar-refractivity contribution is 6.33. The molecule has 0 atom stereocenters. The number of hydrogen-bond donors (Lipinski definition) is 0. The average molecular weight is 1670 g/mol. The lowest BCUT2D eigenvalue weighted by atomic mass is 9.89. The van der Waals surface area contributed by atoms with Crippen molar-refractivity contribution < 1.29 is 0 Å². The van der Waals surface area contributed by atoms with Crippen LogP contribution in [0.25, 0.3) is 163 Å². The highest BCUT2D eigenvalue weighted by Gasteiger charge is 2.15. The Kier molecular flexibility index (Phi) is 31.3. The second kappa shape index (κ2) is 43.7. The van der Waals surface area contributed by atoms with Crippen LogP contribution in [0.3, 0.4) is 0 Å². The minimum absolute atomic E-state index is 1.26. The summed E-state index contributed by atoms with van der Waals surface area (Å²) < 4.78 is 0. The van der Waals surface area contributed by atoms with E-state index in [4.69, 9.17) is 0 Å². The number of fused-ring (bicyclic) bond motifs is 7. The summed E-state index contributed by atoms with van der Waals surface area (Å²) in [6.45, 7) is 39.9. The fourth-order valence-electron chi connectivity index (χ4n) is 17.4. The van der Waals surface area contributed by atoms with Crippen molar-refractivity contribution in [2.24, 2.45) is 0 Å². The van der Waals surface area contributed by atoms with E-state index in [1.165, 1.54) is 235 Å². The van der Waals surface area contributed by atoms with Crippen molar-refractivity contribution >= 4 is 129 Å². The van der Waals surface area contributed by atoms with Gasteiger partial charge in [-0.1, -0.05) is 469 Å². The van der Waals surface area contributed by atoms with E-state index in [0.29, 0.717) is 0 Å². The number of benzene rings is 23. The summed E-state index contributed by atoms with van der Waals surface area (Å²) in [5.74, 6) is 0. The lowest BCUT2D eigenvalue weighted by Crippen LogP contribution is -1.87. The molecule has 23 aromatic rings. The normalized spacial score (nSPS) is 10.6. The van der Waals surface area contributed by atoms with Crippen LogP contribution in [0.2, 0.25) is 0 Å². The lowest BCUT2D eigenvalue weighted by molar-refractivity contribution is 1.40. The first-order chi connectivity index (χ1) is 62.9. The molecule has 640 valence electrons. The molecule has 0 bridgehead atoms. The third kappa shape index (κ3) is 21.5. The van der Waals surface area contributed by atoms with Gasteiger partial charge in [-0.15, -0.1) is 0 Å². The first kappa shape index (κ1) is 92.4. The maximum Gasteiger partial charge on any atom is -0.00237 e. The van der Waals surface area contributed by atoms with Crippen molar-refractivity contribution in [3.05, 3.63) is 479 Å². The van der Waals surface area contributed by atoms with Gasteiger partial charge in [0.1, 0.15) is 0 Å². The van der Waals surface area contributed by atoms with Crippen LogP contribution in [-0.2, 0) is 0 Å².